The Kier molecular flexibility index (Phi) is 2.79. The van der Waals surface area contributed by atoms with Crippen molar-refractivity contribution in [1.82, 2.24) is 4.90 Å². The van der Waals surface area contributed by atoms with Crippen LogP contribution < -0.4 is 0 Å². The number of rotatable bonds is 1. The quantitative estimate of drug-likeness (QED) is 0.684. The summed E-state index contributed by atoms with van der Waals surface area (Å²) in [5, 5.41) is 0. The normalized spacial score (nSPS) is 16.9. The molecule has 2 heteroatoms. The lowest BCUT2D eigenvalue weighted by Gasteiger charge is -2.28. The summed E-state index contributed by atoms with van der Waals surface area (Å²) < 4.78 is 13.7. The van der Waals surface area contributed by atoms with E-state index >= 15 is 0 Å². The topological polar surface area (TPSA) is 3.24 Å². The summed E-state index contributed by atoms with van der Waals surface area (Å²) in [6.45, 7) is 6.13. The molecule has 1 aliphatic heterocycles. The number of hydrogen-bond donors (Lipinski definition) is 0. The molecule has 0 atom stereocenters. The van der Waals surface area contributed by atoms with Crippen LogP contribution in [0.25, 0.3) is 0 Å². The van der Waals surface area contributed by atoms with E-state index in [1.165, 1.54) is 11.1 Å². The van der Waals surface area contributed by atoms with E-state index in [-0.39, 0.29) is 5.82 Å². The summed E-state index contributed by atoms with van der Waals surface area (Å²) >= 11 is 0. The lowest BCUT2D eigenvalue weighted by Crippen LogP contribution is -2.28. The highest BCUT2D eigenvalue weighted by atomic mass is 19.1. The minimum absolute atomic E-state index is 0.0408. The smallest absolute Gasteiger partial charge is 0.127 e. The third-order valence-corrected chi connectivity index (χ3v) is 3.20. The number of benzene rings is 1. The molecule has 1 nitrogen and oxygen atoms in total. The number of hydrogen-bond acceptors (Lipinski definition) is 1. The molecule has 82 valence electrons. The average molecular weight is 207 g/mol. The molecule has 0 amide bonds. The van der Waals surface area contributed by atoms with Gasteiger partial charge in [0, 0.05) is 18.7 Å². The molecule has 1 aromatic rings. The zero-order valence-corrected chi connectivity index (χ0v) is 9.68. The van der Waals surface area contributed by atoms with Crippen molar-refractivity contribution in [1.29, 1.82) is 0 Å². The molecule has 0 fully saturated rings. The molecule has 1 heterocycles. The van der Waals surface area contributed by atoms with Crippen molar-refractivity contribution in [2.24, 2.45) is 0 Å². The Morgan fingerprint density at radius 2 is 2.00 bits per heavy atom. The molecular weight excluding hydrogens is 189 g/mol. The van der Waals surface area contributed by atoms with Gasteiger partial charge in [-0.05, 0) is 36.6 Å². The van der Waals surface area contributed by atoms with Crippen LogP contribution in [0.2, 0.25) is 0 Å². The number of likely N-dealkylation sites (N-methyl/N-ethyl adjacent to an activating group) is 1. The van der Waals surface area contributed by atoms with E-state index in [2.05, 4.69) is 18.7 Å². The monoisotopic (exact) mass is 207 g/mol. The Morgan fingerprint density at radius 1 is 1.27 bits per heavy atom. The Labute approximate surface area is 90.9 Å². The Balaban J connectivity index is 2.50. The van der Waals surface area contributed by atoms with Gasteiger partial charge in [0.1, 0.15) is 5.82 Å². The SMILES string of the molecule is CC(C)c1ccc(F)c2c1CCN(C)C2. The number of halogens is 1. The molecule has 0 spiro atoms. The van der Waals surface area contributed by atoms with Gasteiger partial charge in [0.2, 0.25) is 0 Å². The van der Waals surface area contributed by atoms with Gasteiger partial charge in [-0.2, -0.15) is 0 Å². The van der Waals surface area contributed by atoms with Crippen LogP contribution >= 0.6 is 0 Å². The van der Waals surface area contributed by atoms with Gasteiger partial charge in [-0.25, -0.2) is 4.39 Å². The molecule has 0 unspecified atom stereocenters. The second-order valence-electron chi connectivity index (χ2n) is 4.74. The third-order valence-electron chi connectivity index (χ3n) is 3.20. The van der Waals surface area contributed by atoms with Crippen molar-refractivity contribution in [2.45, 2.75) is 32.7 Å². The molecular formula is C13H18FN. The predicted molar refractivity (Wildman–Crippen MR) is 60.5 cm³/mol. The first kappa shape index (κ1) is 10.6. The molecule has 0 radical (unpaired) electrons. The molecule has 0 bridgehead atoms. The third kappa shape index (κ3) is 1.91. The molecule has 1 aliphatic rings. The minimum atomic E-state index is -0.0408. The maximum Gasteiger partial charge on any atom is 0.127 e. The summed E-state index contributed by atoms with van der Waals surface area (Å²) in [5.74, 6) is 0.448. The van der Waals surface area contributed by atoms with Crippen molar-refractivity contribution in [2.75, 3.05) is 13.6 Å². The highest BCUT2D eigenvalue weighted by Gasteiger charge is 2.20. The molecule has 0 N–H and O–H groups in total. The highest BCUT2D eigenvalue weighted by molar-refractivity contribution is 5.39. The maximum absolute atomic E-state index is 13.7. The second kappa shape index (κ2) is 3.93. The van der Waals surface area contributed by atoms with Gasteiger partial charge in [0.05, 0.1) is 0 Å². The Morgan fingerprint density at radius 3 is 2.67 bits per heavy atom. The Hall–Kier alpha value is -0.890. The largest absolute Gasteiger partial charge is 0.302 e. The van der Waals surface area contributed by atoms with Gasteiger partial charge in [-0.3, -0.25) is 0 Å². The van der Waals surface area contributed by atoms with Crippen LogP contribution in [0.5, 0.6) is 0 Å². The van der Waals surface area contributed by atoms with Gasteiger partial charge in [0.15, 0.2) is 0 Å². The van der Waals surface area contributed by atoms with Crippen LogP contribution in [0.3, 0.4) is 0 Å². The summed E-state index contributed by atoms with van der Waals surface area (Å²) in [4.78, 5) is 2.18. The first-order valence-corrected chi connectivity index (χ1v) is 5.58. The van der Waals surface area contributed by atoms with Crippen LogP contribution in [-0.4, -0.2) is 18.5 Å². The van der Waals surface area contributed by atoms with E-state index in [0.29, 0.717) is 5.92 Å². The predicted octanol–water partition coefficient (Wildman–Crippen LogP) is 2.94. The molecule has 0 saturated heterocycles. The second-order valence-corrected chi connectivity index (χ2v) is 4.74. The van der Waals surface area contributed by atoms with E-state index < -0.39 is 0 Å². The fourth-order valence-corrected chi connectivity index (χ4v) is 2.34. The zero-order chi connectivity index (χ0) is 11.0. The van der Waals surface area contributed by atoms with Crippen LogP contribution in [0.1, 0.15) is 36.5 Å². The van der Waals surface area contributed by atoms with Crippen molar-refractivity contribution < 1.29 is 4.39 Å². The summed E-state index contributed by atoms with van der Waals surface area (Å²) in [6, 6.07) is 3.57. The highest BCUT2D eigenvalue weighted by Crippen LogP contribution is 2.28. The molecule has 1 aromatic carbocycles. The minimum Gasteiger partial charge on any atom is -0.302 e. The van der Waals surface area contributed by atoms with Gasteiger partial charge in [-0.1, -0.05) is 19.9 Å². The molecule has 2 rings (SSSR count). The van der Waals surface area contributed by atoms with E-state index in [1.54, 1.807) is 6.07 Å². The van der Waals surface area contributed by atoms with E-state index in [9.17, 15) is 4.39 Å². The van der Waals surface area contributed by atoms with Crippen LogP contribution in [0.15, 0.2) is 12.1 Å². The lowest BCUT2D eigenvalue weighted by molar-refractivity contribution is 0.304. The molecule has 0 aliphatic carbocycles. The summed E-state index contributed by atoms with van der Waals surface area (Å²) in [7, 11) is 2.05. The van der Waals surface area contributed by atoms with Gasteiger partial charge in [0.25, 0.3) is 0 Å². The standard InChI is InChI=1S/C13H18FN/c1-9(2)10-4-5-13(14)12-8-15(3)7-6-11(10)12/h4-5,9H,6-8H2,1-3H3. The average Bonchev–Trinajstić information content (AvgIpc) is 2.19. The first-order valence-electron chi connectivity index (χ1n) is 5.58. The number of nitrogens with zero attached hydrogens (tertiary/aromatic N) is 1. The van der Waals surface area contributed by atoms with E-state index in [4.69, 9.17) is 0 Å². The number of fused-ring (bicyclic) bond motifs is 1. The maximum atomic E-state index is 13.7. The fourth-order valence-electron chi connectivity index (χ4n) is 2.34. The molecule has 15 heavy (non-hydrogen) atoms. The summed E-state index contributed by atoms with van der Waals surface area (Å²) in [6.07, 6.45) is 0.983. The first-order chi connectivity index (χ1) is 7.09. The van der Waals surface area contributed by atoms with Crippen LogP contribution in [0.4, 0.5) is 4.39 Å². The van der Waals surface area contributed by atoms with Crippen LogP contribution in [0, 0.1) is 5.82 Å². The van der Waals surface area contributed by atoms with Crippen molar-refractivity contribution in [3.05, 3.63) is 34.6 Å². The van der Waals surface area contributed by atoms with Crippen LogP contribution in [-0.2, 0) is 13.0 Å². The molecule has 0 aromatic heterocycles. The van der Waals surface area contributed by atoms with Gasteiger partial charge < -0.3 is 4.90 Å². The van der Waals surface area contributed by atoms with Gasteiger partial charge in [-0.15, -0.1) is 0 Å². The zero-order valence-electron chi connectivity index (χ0n) is 9.68. The molecule has 0 saturated carbocycles. The van der Waals surface area contributed by atoms with Gasteiger partial charge >= 0.3 is 0 Å². The van der Waals surface area contributed by atoms with Crippen molar-refractivity contribution >= 4 is 0 Å². The lowest BCUT2D eigenvalue weighted by atomic mass is 9.89. The van der Waals surface area contributed by atoms with Crippen molar-refractivity contribution in [3.63, 3.8) is 0 Å². The fraction of sp³-hybridized carbons (Fsp3) is 0.538. The van der Waals surface area contributed by atoms with Crippen molar-refractivity contribution in [3.8, 4) is 0 Å². The Bertz CT molecular complexity index is 371. The van der Waals surface area contributed by atoms with E-state index in [0.717, 1.165) is 25.1 Å². The van der Waals surface area contributed by atoms with E-state index in [1.807, 2.05) is 13.1 Å². The summed E-state index contributed by atoms with van der Waals surface area (Å²) in [5.41, 5.74) is 3.48.